The molecule has 0 spiro atoms. The van der Waals surface area contributed by atoms with Crippen LogP contribution in [-0.2, 0) is 9.53 Å². The van der Waals surface area contributed by atoms with Crippen molar-refractivity contribution in [3.05, 3.63) is 0 Å². The lowest BCUT2D eigenvalue weighted by atomic mass is 10.5. The molecule has 4 heteroatoms. The van der Waals surface area contributed by atoms with Gasteiger partial charge < -0.3 is 10.1 Å². The SMILES string of the molecule is CC.CCNC(=O)CN(C)CCOC. The summed E-state index contributed by atoms with van der Waals surface area (Å²) < 4.78 is 4.88. The van der Waals surface area contributed by atoms with Crippen LogP contribution in [0, 0.1) is 0 Å². The second kappa shape index (κ2) is 12.4. The summed E-state index contributed by atoms with van der Waals surface area (Å²) in [6.07, 6.45) is 0. The van der Waals surface area contributed by atoms with Gasteiger partial charge in [-0.25, -0.2) is 0 Å². The average molecular weight is 204 g/mol. The standard InChI is InChI=1S/C8H18N2O2.C2H6/c1-4-9-8(11)7-10(2)5-6-12-3;1-2/h4-7H2,1-3H3,(H,9,11);1-2H3. The van der Waals surface area contributed by atoms with E-state index in [1.807, 2.05) is 32.7 Å². The number of hydrogen-bond acceptors (Lipinski definition) is 3. The number of ether oxygens (including phenoxy) is 1. The Bertz CT molecular complexity index is 129. The molecule has 0 aromatic carbocycles. The van der Waals surface area contributed by atoms with Crippen LogP contribution in [0.1, 0.15) is 20.8 Å². The van der Waals surface area contributed by atoms with Gasteiger partial charge in [0.15, 0.2) is 0 Å². The molecule has 0 atom stereocenters. The van der Waals surface area contributed by atoms with Crippen LogP contribution in [0.15, 0.2) is 0 Å². The molecule has 0 aliphatic heterocycles. The molecule has 0 heterocycles. The van der Waals surface area contributed by atoms with Crippen LogP contribution in [0.2, 0.25) is 0 Å². The minimum atomic E-state index is 0.0658. The molecule has 1 N–H and O–H groups in total. The summed E-state index contributed by atoms with van der Waals surface area (Å²) in [5, 5.41) is 2.73. The molecule has 0 unspecified atom stereocenters. The Morgan fingerprint density at radius 2 is 2.00 bits per heavy atom. The molecule has 0 saturated carbocycles. The highest BCUT2D eigenvalue weighted by molar-refractivity contribution is 5.77. The highest BCUT2D eigenvalue weighted by Crippen LogP contribution is 1.81. The van der Waals surface area contributed by atoms with E-state index in [1.165, 1.54) is 0 Å². The third-order valence-electron chi connectivity index (χ3n) is 1.46. The van der Waals surface area contributed by atoms with Gasteiger partial charge in [-0.2, -0.15) is 0 Å². The van der Waals surface area contributed by atoms with Gasteiger partial charge in [0.1, 0.15) is 0 Å². The molecule has 1 amide bonds. The molecule has 14 heavy (non-hydrogen) atoms. The van der Waals surface area contributed by atoms with Crippen LogP contribution in [0.25, 0.3) is 0 Å². The number of likely N-dealkylation sites (N-methyl/N-ethyl adjacent to an activating group) is 2. The Kier molecular flexibility index (Phi) is 14.0. The number of carbonyl (C=O) groups excluding carboxylic acids is 1. The topological polar surface area (TPSA) is 41.6 Å². The maximum atomic E-state index is 11.0. The molecular formula is C10H24N2O2. The molecule has 0 aromatic heterocycles. The smallest absolute Gasteiger partial charge is 0.234 e. The van der Waals surface area contributed by atoms with Crippen LogP contribution >= 0.6 is 0 Å². The van der Waals surface area contributed by atoms with Crippen molar-refractivity contribution in [2.45, 2.75) is 20.8 Å². The number of nitrogens with zero attached hydrogens (tertiary/aromatic N) is 1. The van der Waals surface area contributed by atoms with Gasteiger partial charge in [0, 0.05) is 20.2 Å². The summed E-state index contributed by atoms with van der Waals surface area (Å²) in [6, 6.07) is 0. The highest BCUT2D eigenvalue weighted by Gasteiger charge is 2.03. The number of methoxy groups -OCH3 is 1. The fraction of sp³-hybridized carbons (Fsp3) is 0.900. The van der Waals surface area contributed by atoms with E-state index in [0.29, 0.717) is 19.7 Å². The molecular weight excluding hydrogens is 180 g/mol. The van der Waals surface area contributed by atoms with Crippen molar-refractivity contribution >= 4 is 5.91 Å². The first-order valence-corrected chi connectivity index (χ1v) is 5.14. The monoisotopic (exact) mass is 204 g/mol. The lowest BCUT2D eigenvalue weighted by molar-refractivity contribution is -0.121. The molecule has 86 valence electrons. The van der Waals surface area contributed by atoms with E-state index >= 15 is 0 Å². The van der Waals surface area contributed by atoms with Gasteiger partial charge in [0.05, 0.1) is 13.2 Å². The molecule has 0 aliphatic carbocycles. The van der Waals surface area contributed by atoms with E-state index in [9.17, 15) is 4.79 Å². The molecule has 0 bridgehead atoms. The molecule has 0 aromatic rings. The summed E-state index contributed by atoms with van der Waals surface area (Å²) in [7, 11) is 3.55. The fourth-order valence-corrected chi connectivity index (χ4v) is 0.824. The molecule has 0 fully saturated rings. The van der Waals surface area contributed by atoms with Gasteiger partial charge in [-0.3, -0.25) is 9.69 Å². The second-order valence-electron chi connectivity index (χ2n) is 2.68. The maximum absolute atomic E-state index is 11.0. The number of carbonyl (C=O) groups is 1. The Balaban J connectivity index is 0. The van der Waals surface area contributed by atoms with Crippen molar-refractivity contribution in [1.82, 2.24) is 10.2 Å². The first-order chi connectivity index (χ1) is 6.70. The number of amides is 1. The summed E-state index contributed by atoms with van der Waals surface area (Å²) >= 11 is 0. The Morgan fingerprint density at radius 3 is 2.43 bits per heavy atom. The Hall–Kier alpha value is -0.610. The van der Waals surface area contributed by atoms with E-state index in [-0.39, 0.29) is 5.91 Å². The highest BCUT2D eigenvalue weighted by atomic mass is 16.5. The van der Waals surface area contributed by atoms with Gasteiger partial charge in [0.2, 0.25) is 5.91 Å². The first-order valence-electron chi connectivity index (χ1n) is 5.14. The minimum Gasteiger partial charge on any atom is -0.383 e. The number of rotatable bonds is 6. The Morgan fingerprint density at radius 1 is 1.43 bits per heavy atom. The van der Waals surface area contributed by atoms with Crippen molar-refractivity contribution < 1.29 is 9.53 Å². The van der Waals surface area contributed by atoms with E-state index in [0.717, 1.165) is 6.54 Å². The van der Waals surface area contributed by atoms with Gasteiger partial charge in [-0.05, 0) is 14.0 Å². The summed E-state index contributed by atoms with van der Waals surface area (Å²) in [5.41, 5.74) is 0. The minimum absolute atomic E-state index is 0.0658. The zero-order valence-corrected chi connectivity index (χ0v) is 10.1. The molecule has 0 radical (unpaired) electrons. The van der Waals surface area contributed by atoms with Crippen LogP contribution in [0.4, 0.5) is 0 Å². The third kappa shape index (κ3) is 11.4. The number of hydrogen-bond donors (Lipinski definition) is 1. The molecule has 0 saturated heterocycles. The molecule has 0 rings (SSSR count). The van der Waals surface area contributed by atoms with Crippen molar-refractivity contribution in [3.8, 4) is 0 Å². The van der Waals surface area contributed by atoms with Crippen molar-refractivity contribution in [2.24, 2.45) is 0 Å². The number of nitrogens with one attached hydrogen (secondary N) is 1. The molecule has 4 nitrogen and oxygen atoms in total. The molecule has 0 aliphatic rings. The lowest BCUT2D eigenvalue weighted by Gasteiger charge is -2.14. The zero-order valence-electron chi connectivity index (χ0n) is 10.1. The van der Waals surface area contributed by atoms with Crippen LogP contribution in [-0.4, -0.2) is 51.2 Å². The van der Waals surface area contributed by atoms with E-state index in [4.69, 9.17) is 4.74 Å². The maximum Gasteiger partial charge on any atom is 0.234 e. The van der Waals surface area contributed by atoms with Crippen molar-refractivity contribution in [1.29, 1.82) is 0 Å². The third-order valence-corrected chi connectivity index (χ3v) is 1.46. The first kappa shape index (κ1) is 15.8. The van der Waals surface area contributed by atoms with Crippen LogP contribution in [0.5, 0.6) is 0 Å². The van der Waals surface area contributed by atoms with E-state index in [1.54, 1.807) is 7.11 Å². The van der Waals surface area contributed by atoms with Crippen molar-refractivity contribution in [2.75, 3.05) is 40.4 Å². The van der Waals surface area contributed by atoms with Crippen molar-refractivity contribution in [3.63, 3.8) is 0 Å². The second-order valence-corrected chi connectivity index (χ2v) is 2.68. The Labute approximate surface area is 87.6 Å². The predicted octanol–water partition coefficient (Wildman–Crippen LogP) is 0.727. The predicted molar refractivity (Wildman–Crippen MR) is 59.4 cm³/mol. The summed E-state index contributed by atoms with van der Waals surface area (Å²) in [5.74, 6) is 0.0658. The zero-order chi connectivity index (χ0) is 11.4. The van der Waals surface area contributed by atoms with E-state index in [2.05, 4.69) is 5.32 Å². The summed E-state index contributed by atoms with van der Waals surface area (Å²) in [6.45, 7) is 8.49. The van der Waals surface area contributed by atoms with Gasteiger partial charge in [-0.15, -0.1) is 0 Å². The van der Waals surface area contributed by atoms with Gasteiger partial charge >= 0.3 is 0 Å². The van der Waals surface area contributed by atoms with Gasteiger partial charge in [-0.1, -0.05) is 13.8 Å². The quantitative estimate of drug-likeness (QED) is 0.693. The fourth-order valence-electron chi connectivity index (χ4n) is 0.824. The van der Waals surface area contributed by atoms with Crippen LogP contribution < -0.4 is 5.32 Å². The summed E-state index contributed by atoms with van der Waals surface area (Å²) in [4.78, 5) is 12.9. The largest absolute Gasteiger partial charge is 0.383 e. The normalized spacial score (nSPS) is 9.29. The van der Waals surface area contributed by atoms with E-state index < -0.39 is 0 Å². The van der Waals surface area contributed by atoms with Crippen LogP contribution in [0.3, 0.4) is 0 Å². The average Bonchev–Trinajstić information content (AvgIpc) is 2.18. The lowest BCUT2D eigenvalue weighted by Crippen LogP contribution is -2.36. The van der Waals surface area contributed by atoms with Gasteiger partial charge in [0.25, 0.3) is 0 Å².